The van der Waals surface area contributed by atoms with Crippen LogP contribution in [0.5, 0.6) is 5.75 Å². The number of benzene rings is 1. The Labute approximate surface area is 170 Å². The summed E-state index contributed by atoms with van der Waals surface area (Å²) in [5.41, 5.74) is 2.30. The molecule has 2 N–H and O–H groups in total. The van der Waals surface area contributed by atoms with Gasteiger partial charge in [0.05, 0.1) is 6.61 Å². The summed E-state index contributed by atoms with van der Waals surface area (Å²) in [4.78, 5) is 6.95. The second-order valence-electron chi connectivity index (χ2n) is 7.85. The molecule has 1 aliphatic heterocycles. The van der Waals surface area contributed by atoms with E-state index in [0.717, 1.165) is 29.7 Å². The second-order valence-corrected chi connectivity index (χ2v) is 7.85. The van der Waals surface area contributed by atoms with E-state index in [-0.39, 0.29) is 0 Å². The lowest BCUT2D eigenvalue weighted by Crippen LogP contribution is -2.48. The lowest BCUT2D eigenvalue weighted by molar-refractivity contribution is 0.139. The fraction of sp³-hybridized carbons (Fsp3) is 0.682. The van der Waals surface area contributed by atoms with Gasteiger partial charge in [-0.3, -0.25) is 9.89 Å². The number of likely N-dealkylation sites (tertiary alicyclic amines) is 1. The first-order valence-electron chi connectivity index (χ1n) is 10.4. The summed E-state index contributed by atoms with van der Waals surface area (Å²) in [6, 6.07) is 6.78. The van der Waals surface area contributed by atoms with E-state index in [4.69, 9.17) is 9.47 Å². The van der Waals surface area contributed by atoms with E-state index >= 15 is 0 Å². The van der Waals surface area contributed by atoms with Crippen LogP contribution in [0.15, 0.2) is 23.2 Å². The molecule has 0 amide bonds. The number of hydrogen-bond donors (Lipinski definition) is 2. The van der Waals surface area contributed by atoms with Gasteiger partial charge in [0.15, 0.2) is 5.96 Å². The fourth-order valence-electron chi connectivity index (χ4n) is 3.58. The van der Waals surface area contributed by atoms with Gasteiger partial charge in [-0.15, -0.1) is 0 Å². The van der Waals surface area contributed by atoms with Crippen LogP contribution in [0.2, 0.25) is 0 Å². The highest BCUT2D eigenvalue weighted by atomic mass is 16.5. The number of aryl methyl sites for hydroxylation is 1. The number of guanidine groups is 1. The molecule has 2 atom stereocenters. The Morgan fingerprint density at radius 1 is 1.32 bits per heavy atom. The molecule has 0 aromatic heterocycles. The lowest BCUT2D eigenvalue weighted by Gasteiger charge is -2.35. The third-order valence-corrected chi connectivity index (χ3v) is 5.31. The van der Waals surface area contributed by atoms with Gasteiger partial charge in [0.2, 0.25) is 0 Å². The smallest absolute Gasteiger partial charge is 0.191 e. The highest BCUT2D eigenvalue weighted by Gasteiger charge is 2.20. The molecule has 0 bridgehead atoms. The van der Waals surface area contributed by atoms with Crippen molar-refractivity contribution in [3.05, 3.63) is 29.3 Å². The number of piperidine rings is 1. The number of nitrogens with one attached hydrogen (secondary N) is 2. The molecule has 1 heterocycles. The highest BCUT2D eigenvalue weighted by molar-refractivity contribution is 5.79. The molecule has 6 nitrogen and oxygen atoms in total. The average molecular weight is 391 g/mol. The predicted octanol–water partition coefficient (Wildman–Crippen LogP) is 2.81. The first-order valence-corrected chi connectivity index (χ1v) is 10.4. The molecule has 0 saturated carbocycles. The van der Waals surface area contributed by atoms with Crippen molar-refractivity contribution >= 4 is 5.96 Å². The second kappa shape index (κ2) is 11.9. The number of methoxy groups -OCH3 is 1. The summed E-state index contributed by atoms with van der Waals surface area (Å²) in [7, 11) is 3.50. The first kappa shape index (κ1) is 22.5. The van der Waals surface area contributed by atoms with Crippen LogP contribution in [0.1, 0.15) is 37.8 Å². The highest BCUT2D eigenvalue weighted by Crippen LogP contribution is 2.20. The minimum Gasteiger partial charge on any atom is -0.491 e. The van der Waals surface area contributed by atoms with Crippen LogP contribution >= 0.6 is 0 Å². The summed E-state index contributed by atoms with van der Waals surface area (Å²) in [6.45, 7) is 11.8. The summed E-state index contributed by atoms with van der Waals surface area (Å²) in [5.74, 6) is 2.52. The molecule has 158 valence electrons. The molecule has 0 spiro atoms. The Morgan fingerprint density at radius 3 is 2.86 bits per heavy atom. The van der Waals surface area contributed by atoms with E-state index in [2.05, 4.69) is 59.5 Å². The van der Waals surface area contributed by atoms with Crippen molar-refractivity contribution in [3.8, 4) is 5.75 Å². The Kier molecular flexibility index (Phi) is 9.58. The zero-order valence-corrected chi connectivity index (χ0v) is 18.3. The van der Waals surface area contributed by atoms with Crippen LogP contribution < -0.4 is 15.4 Å². The van der Waals surface area contributed by atoms with Gasteiger partial charge < -0.3 is 20.1 Å². The average Bonchev–Trinajstić information content (AvgIpc) is 2.69. The van der Waals surface area contributed by atoms with Crippen molar-refractivity contribution < 1.29 is 9.47 Å². The van der Waals surface area contributed by atoms with Crippen molar-refractivity contribution in [2.24, 2.45) is 10.9 Å². The molecule has 0 radical (unpaired) electrons. The predicted molar refractivity (Wildman–Crippen MR) is 116 cm³/mol. The van der Waals surface area contributed by atoms with Crippen molar-refractivity contribution in [2.45, 2.75) is 46.2 Å². The summed E-state index contributed by atoms with van der Waals surface area (Å²) in [5, 5.41) is 6.88. The number of ether oxygens (including phenoxy) is 2. The molecule has 1 saturated heterocycles. The van der Waals surface area contributed by atoms with E-state index in [1.807, 2.05) is 7.05 Å². The molecule has 1 aliphatic rings. The topological polar surface area (TPSA) is 58.1 Å². The van der Waals surface area contributed by atoms with Crippen LogP contribution in [-0.2, 0) is 11.3 Å². The van der Waals surface area contributed by atoms with E-state index in [1.165, 1.54) is 31.5 Å². The Bertz CT molecular complexity index is 621. The largest absolute Gasteiger partial charge is 0.491 e. The van der Waals surface area contributed by atoms with Crippen LogP contribution in [-0.4, -0.2) is 63.9 Å². The molecular formula is C22H38N4O2. The molecule has 1 fully saturated rings. The van der Waals surface area contributed by atoms with E-state index in [1.54, 1.807) is 7.11 Å². The van der Waals surface area contributed by atoms with Crippen LogP contribution in [0.25, 0.3) is 0 Å². The molecule has 6 heteroatoms. The SMILES string of the molecule is CN=C(NCc1ccc(C)cc1OCCOC)NCC(C)N1CCCC(C)C1. The van der Waals surface area contributed by atoms with Gasteiger partial charge in [-0.05, 0) is 50.8 Å². The van der Waals surface area contributed by atoms with Crippen molar-refractivity contribution in [1.29, 1.82) is 0 Å². The van der Waals surface area contributed by atoms with E-state index < -0.39 is 0 Å². The van der Waals surface area contributed by atoms with Crippen LogP contribution in [0, 0.1) is 12.8 Å². The van der Waals surface area contributed by atoms with Gasteiger partial charge in [0.25, 0.3) is 0 Å². The number of aliphatic imine (C=N–C) groups is 1. The molecule has 1 aromatic rings. The van der Waals surface area contributed by atoms with Gasteiger partial charge in [0.1, 0.15) is 12.4 Å². The number of hydrogen-bond acceptors (Lipinski definition) is 4. The monoisotopic (exact) mass is 390 g/mol. The van der Waals surface area contributed by atoms with Crippen molar-refractivity contribution in [3.63, 3.8) is 0 Å². The maximum atomic E-state index is 5.88. The van der Waals surface area contributed by atoms with Gasteiger partial charge in [0, 0.05) is 45.4 Å². The maximum absolute atomic E-state index is 5.88. The van der Waals surface area contributed by atoms with Crippen molar-refractivity contribution in [2.75, 3.05) is 47.0 Å². The Hall–Kier alpha value is -1.79. The molecular weight excluding hydrogens is 352 g/mol. The molecule has 1 aromatic carbocycles. The maximum Gasteiger partial charge on any atom is 0.191 e. The number of nitrogens with zero attached hydrogens (tertiary/aromatic N) is 2. The van der Waals surface area contributed by atoms with E-state index in [9.17, 15) is 0 Å². The van der Waals surface area contributed by atoms with Gasteiger partial charge in [-0.2, -0.15) is 0 Å². The quantitative estimate of drug-likeness (QED) is 0.386. The summed E-state index contributed by atoms with van der Waals surface area (Å²) < 4.78 is 11.0. The van der Waals surface area contributed by atoms with Gasteiger partial charge in [-0.25, -0.2) is 0 Å². The van der Waals surface area contributed by atoms with E-state index in [0.29, 0.717) is 25.8 Å². The van der Waals surface area contributed by atoms with Crippen molar-refractivity contribution in [1.82, 2.24) is 15.5 Å². The van der Waals surface area contributed by atoms with Crippen LogP contribution in [0.4, 0.5) is 0 Å². The Balaban J connectivity index is 1.84. The van der Waals surface area contributed by atoms with Crippen LogP contribution in [0.3, 0.4) is 0 Å². The first-order chi connectivity index (χ1) is 13.5. The minimum atomic E-state index is 0.494. The summed E-state index contributed by atoms with van der Waals surface area (Å²) >= 11 is 0. The Morgan fingerprint density at radius 2 is 2.14 bits per heavy atom. The third-order valence-electron chi connectivity index (χ3n) is 5.31. The molecule has 2 rings (SSSR count). The minimum absolute atomic E-state index is 0.494. The number of rotatable bonds is 9. The fourth-order valence-corrected chi connectivity index (χ4v) is 3.58. The molecule has 2 unspecified atom stereocenters. The summed E-state index contributed by atoms with van der Waals surface area (Å²) in [6.07, 6.45) is 2.66. The normalized spacial score (nSPS) is 19.3. The van der Waals surface area contributed by atoms with Gasteiger partial charge in [-0.1, -0.05) is 19.1 Å². The zero-order valence-electron chi connectivity index (χ0n) is 18.3. The third kappa shape index (κ3) is 7.32. The zero-order chi connectivity index (χ0) is 20.4. The molecule has 0 aliphatic carbocycles. The van der Waals surface area contributed by atoms with Gasteiger partial charge >= 0.3 is 0 Å². The lowest BCUT2D eigenvalue weighted by atomic mass is 9.99. The molecule has 28 heavy (non-hydrogen) atoms. The standard InChI is InChI=1S/C22H38N4O2/c1-17-8-9-20(21(13-17)28-12-11-27-5)15-25-22(23-4)24-14-19(3)26-10-6-7-18(2)16-26/h8-9,13,18-19H,6-7,10-12,14-16H2,1-5H3,(H2,23,24,25).